The van der Waals surface area contributed by atoms with Gasteiger partial charge >= 0.3 is 6.03 Å². The Balaban J connectivity index is 1.75. The smallest absolute Gasteiger partial charge is 0.320 e. The molecule has 3 rings (SSSR count). The van der Waals surface area contributed by atoms with Crippen molar-refractivity contribution in [1.29, 1.82) is 0 Å². The van der Waals surface area contributed by atoms with E-state index in [0.717, 1.165) is 35.1 Å². The van der Waals surface area contributed by atoms with Crippen LogP contribution < -0.4 is 15.4 Å². The second-order valence-electron chi connectivity index (χ2n) is 6.29. The van der Waals surface area contributed by atoms with Gasteiger partial charge in [-0.25, -0.2) is 14.5 Å². The van der Waals surface area contributed by atoms with Gasteiger partial charge in [-0.1, -0.05) is 6.92 Å². The van der Waals surface area contributed by atoms with Crippen LogP contribution in [0, 0.1) is 13.8 Å². The maximum Gasteiger partial charge on any atom is 0.320 e. The molecule has 0 aliphatic rings. The Morgan fingerprint density at radius 2 is 2.04 bits per heavy atom. The highest BCUT2D eigenvalue weighted by atomic mass is 16.5. The largest absolute Gasteiger partial charge is 0.497 e. The second kappa shape index (κ2) is 7.94. The number of anilines is 1. The number of aromatic amines is 1. The van der Waals surface area contributed by atoms with Gasteiger partial charge in [0, 0.05) is 18.0 Å². The van der Waals surface area contributed by atoms with Gasteiger partial charge in [-0.05, 0) is 44.5 Å². The van der Waals surface area contributed by atoms with Crippen LogP contribution in [-0.4, -0.2) is 32.9 Å². The van der Waals surface area contributed by atoms with Crippen LogP contribution in [0.3, 0.4) is 0 Å². The molecule has 0 aliphatic heterocycles. The summed E-state index contributed by atoms with van der Waals surface area (Å²) >= 11 is 0. The van der Waals surface area contributed by atoms with Crippen LogP contribution in [-0.2, 0) is 0 Å². The molecular weight excluding hydrogens is 344 g/mol. The number of H-pyrrole nitrogens is 1. The number of benzene rings is 1. The van der Waals surface area contributed by atoms with Crippen molar-refractivity contribution in [3.63, 3.8) is 0 Å². The first-order chi connectivity index (χ1) is 13.0. The Hall–Kier alpha value is -3.29. The summed E-state index contributed by atoms with van der Waals surface area (Å²) in [5, 5.41) is 10.3. The Labute approximate surface area is 158 Å². The molecule has 0 radical (unpaired) electrons. The molecule has 27 heavy (non-hydrogen) atoms. The van der Waals surface area contributed by atoms with E-state index in [2.05, 4.69) is 25.7 Å². The number of aromatic nitrogens is 4. The summed E-state index contributed by atoms with van der Waals surface area (Å²) in [6.45, 7) is 5.80. The number of carbonyl (C=O) groups excluding carboxylic acids is 1. The van der Waals surface area contributed by atoms with Gasteiger partial charge in [-0.15, -0.1) is 0 Å². The number of amides is 2. The van der Waals surface area contributed by atoms with E-state index in [-0.39, 0.29) is 12.1 Å². The lowest BCUT2D eigenvalue weighted by atomic mass is 10.2. The maximum absolute atomic E-state index is 12.5. The number of aryl methyl sites for hydroxylation is 2. The SMILES string of the molecule is CCC(NC(=O)Nc1cc(C)nn1-c1ccc(OC)cc1)c1ncc(C)[nH]1. The summed E-state index contributed by atoms with van der Waals surface area (Å²) in [4.78, 5) is 20.0. The third kappa shape index (κ3) is 4.28. The average molecular weight is 368 g/mol. The number of nitrogens with zero attached hydrogens (tertiary/aromatic N) is 3. The molecule has 2 aromatic heterocycles. The quantitative estimate of drug-likeness (QED) is 0.620. The minimum Gasteiger partial charge on any atom is -0.497 e. The lowest BCUT2D eigenvalue weighted by molar-refractivity contribution is 0.247. The zero-order valence-electron chi connectivity index (χ0n) is 15.9. The number of methoxy groups -OCH3 is 1. The molecule has 142 valence electrons. The van der Waals surface area contributed by atoms with Crippen molar-refractivity contribution >= 4 is 11.8 Å². The summed E-state index contributed by atoms with van der Waals surface area (Å²) in [7, 11) is 1.62. The van der Waals surface area contributed by atoms with Crippen molar-refractivity contribution in [2.24, 2.45) is 0 Å². The molecule has 0 saturated heterocycles. The topological polar surface area (TPSA) is 96.9 Å². The third-order valence-electron chi connectivity index (χ3n) is 4.16. The van der Waals surface area contributed by atoms with E-state index >= 15 is 0 Å². The number of urea groups is 1. The Morgan fingerprint density at radius 3 is 2.63 bits per heavy atom. The van der Waals surface area contributed by atoms with Crippen molar-refractivity contribution in [2.45, 2.75) is 33.2 Å². The zero-order valence-corrected chi connectivity index (χ0v) is 15.9. The van der Waals surface area contributed by atoms with Gasteiger partial charge in [0.1, 0.15) is 17.4 Å². The predicted octanol–water partition coefficient (Wildman–Crippen LogP) is 3.49. The molecule has 0 spiro atoms. The number of rotatable bonds is 6. The molecule has 8 nitrogen and oxygen atoms in total. The van der Waals surface area contributed by atoms with E-state index in [0.29, 0.717) is 5.82 Å². The first kappa shape index (κ1) is 18.5. The number of hydrogen-bond donors (Lipinski definition) is 3. The zero-order chi connectivity index (χ0) is 19.4. The summed E-state index contributed by atoms with van der Waals surface area (Å²) < 4.78 is 6.87. The van der Waals surface area contributed by atoms with Gasteiger partial charge < -0.3 is 15.0 Å². The number of hydrogen-bond acceptors (Lipinski definition) is 4. The lowest BCUT2D eigenvalue weighted by Crippen LogP contribution is -2.33. The molecule has 0 saturated carbocycles. The van der Waals surface area contributed by atoms with Crippen molar-refractivity contribution in [3.05, 3.63) is 53.7 Å². The predicted molar refractivity (Wildman–Crippen MR) is 103 cm³/mol. The molecule has 1 atom stereocenters. The highest BCUT2D eigenvalue weighted by molar-refractivity contribution is 5.89. The number of ether oxygens (including phenoxy) is 1. The van der Waals surface area contributed by atoms with Crippen LogP contribution in [0.1, 0.15) is 36.6 Å². The molecule has 3 N–H and O–H groups in total. The molecule has 3 aromatic rings. The normalized spacial score (nSPS) is 11.9. The van der Waals surface area contributed by atoms with Crippen molar-refractivity contribution in [2.75, 3.05) is 12.4 Å². The van der Waals surface area contributed by atoms with Crippen LogP contribution in [0.2, 0.25) is 0 Å². The van der Waals surface area contributed by atoms with E-state index in [1.807, 2.05) is 51.1 Å². The Kier molecular flexibility index (Phi) is 5.44. The Bertz CT molecular complexity index is 913. The molecule has 0 aliphatic carbocycles. The minimum atomic E-state index is -0.314. The average Bonchev–Trinajstić information content (AvgIpc) is 3.25. The van der Waals surface area contributed by atoms with Crippen molar-refractivity contribution in [1.82, 2.24) is 25.1 Å². The highest BCUT2D eigenvalue weighted by Crippen LogP contribution is 2.20. The van der Waals surface area contributed by atoms with E-state index in [9.17, 15) is 4.79 Å². The minimum absolute atomic E-state index is 0.197. The van der Waals surface area contributed by atoms with Crippen LogP contribution in [0.15, 0.2) is 36.5 Å². The lowest BCUT2D eigenvalue weighted by Gasteiger charge is -2.16. The molecule has 2 amide bonds. The summed E-state index contributed by atoms with van der Waals surface area (Å²) in [5.74, 6) is 2.08. The molecule has 0 bridgehead atoms. The van der Waals surface area contributed by atoms with Gasteiger partial charge in [0.2, 0.25) is 0 Å². The first-order valence-electron chi connectivity index (χ1n) is 8.80. The van der Waals surface area contributed by atoms with Crippen molar-refractivity contribution < 1.29 is 9.53 Å². The van der Waals surface area contributed by atoms with Gasteiger partial charge in [0.05, 0.1) is 24.5 Å². The monoisotopic (exact) mass is 368 g/mol. The number of carbonyl (C=O) groups is 1. The van der Waals surface area contributed by atoms with Crippen LogP contribution in [0.4, 0.5) is 10.6 Å². The molecule has 8 heteroatoms. The molecule has 0 fully saturated rings. The van der Waals surface area contributed by atoms with Gasteiger partial charge in [-0.2, -0.15) is 5.10 Å². The fourth-order valence-corrected chi connectivity index (χ4v) is 2.79. The van der Waals surface area contributed by atoms with E-state index < -0.39 is 0 Å². The fraction of sp³-hybridized carbons (Fsp3) is 0.316. The van der Waals surface area contributed by atoms with E-state index in [1.165, 1.54) is 0 Å². The summed E-state index contributed by atoms with van der Waals surface area (Å²) in [6, 6.07) is 8.78. The van der Waals surface area contributed by atoms with Crippen LogP contribution >= 0.6 is 0 Å². The summed E-state index contributed by atoms with van der Waals surface area (Å²) in [6.07, 6.45) is 2.47. The van der Waals surface area contributed by atoms with Gasteiger partial charge in [0.15, 0.2) is 0 Å². The van der Waals surface area contributed by atoms with Gasteiger partial charge in [-0.3, -0.25) is 5.32 Å². The molecule has 1 aromatic carbocycles. The van der Waals surface area contributed by atoms with Gasteiger partial charge in [0.25, 0.3) is 0 Å². The molecular formula is C19H24N6O2. The van der Waals surface area contributed by atoms with Crippen LogP contribution in [0.25, 0.3) is 5.69 Å². The molecule has 1 unspecified atom stereocenters. The Morgan fingerprint density at radius 1 is 1.30 bits per heavy atom. The third-order valence-corrected chi connectivity index (χ3v) is 4.16. The van der Waals surface area contributed by atoms with Crippen LogP contribution in [0.5, 0.6) is 5.75 Å². The second-order valence-corrected chi connectivity index (χ2v) is 6.29. The van der Waals surface area contributed by atoms with E-state index in [1.54, 1.807) is 18.0 Å². The number of imidazole rings is 1. The summed E-state index contributed by atoms with van der Waals surface area (Å²) in [5.41, 5.74) is 2.58. The van der Waals surface area contributed by atoms with E-state index in [4.69, 9.17) is 4.74 Å². The standard InChI is InChI=1S/C19H24N6O2/c1-5-16(18-20-11-13(3)21-18)22-19(26)23-17-10-12(2)24-25(17)14-6-8-15(27-4)9-7-14/h6-11,16H,5H2,1-4H3,(H,20,21)(H2,22,23,26). The highest BCUT2D eigenvalue weighted by Gasteiger charge is 2.17. The number of nitrogens with one attached hydrogen (secondary N) is 3. The fourth-order valence-electron chi connectivity index (χ4n) is 2.79. The maximum atomic E-state index is 12.5. The molecule has 2 heterocycles. The first-order valence-corrected chi connectivity index (χ1v) is 8.80. The van der Waals surface area contributed by atoms with Crippen molar-refractivity contribution in [3.8, 4) is 11.4 Å².